The van der Waals surface area contributed by atoms with Crippen molar-refractivity contribution in [3.63, 3.8) is 0 Å². The highest BCUT2D eigenvalue weighted by Crippen LogP contribution is 2.24. The molecular weight excluding hydrogens is 432 g/mol. The number of sulfonamides is 1. The van der Waals surface area contributed by atoms with E-state index in [2.05, 4.69) is 10.0 Å². The molecule has 0 fully saturated rings. The molecule has 0 atom stereocenters. The first-order valence-corrected chi connectivity index (χ1v) is 11.2. The molecule has 0 aromatic heterocycles. The van der Waals surface area contributed by atoms with Crippen molar-refractivity contribution in [1.29, 1.82) is 0 Å². The molecule has 0 aliphatic rings. The van der Waals surface area contributed by atoms with Crippen LogP contribution >= 0.6 is 0 Å². The average molecular weight is 457 g/mol. The summed E-state index contributed by atoms with van der Waals surface area (Å²) >= 11 is 0. The minimum atomic E-state index is -3.79. The third-order valence-corrected chi connectivity index (χ3v) is 5.85. The largest absolute Gasteiger partial charge is 0.497 e. The lowest BCUT2D eigenvalue weighted by atomic mass is 10.2. The molecule has 0 radical (unpaired) electrons. The van der Waals surface area contributed by atoms with Crippen molar-refractivity contribution in [1.82, 2.24) is 0 Å². The van der Waals surface area contributed by atoms with E-state index in [0.29, 0.717) is 40.8 Å². The van der Waals surface area contributed by atoms with E-state index in [1.165, 1.54) is 38.5 Å². The number of carbonyl (C=O) groups excluding carboxylic acids is 1. The van der Waals surface area contributed by atoms with Crippen molar-refractivity contribution >= 4 is 27.3 Å². The van der Waals surface area contributed by atoms with Crippen molar-refractivity contribution < 1.29 is 27.4 Å². The van der Waals surface area contributed by atoms with Gasteiger partial charge in [-0.3, -0.25) is 9.52 Å². The third-order valence-electron chi connectivity index (χ3n) is 4.45. The molecule has 0 heterocycles. The third kappa shape index (κ3) is 5.70. The number of benzene rings is 3. The lowest BCUT2D eigenvalue weighted by Crippen LogP contribution is -2.14. The summed E-state index contributed by atoms with van der Waals surface area (Å²) in [4.78, 5) is 12.6. The van der Waals surface area contributed by atoms with Crippen molar-refractivity contribution in [3.05, 3.63) is 72.3 Å². The van der Waals surface area contributed by atoms with Gasteiger partial charge in [0, 0.05) is 23.0 Å². The van der Waals surface area contributed by atoms with Crippen molar-refractivity contribution in [3.8, 4) is 17.2 Å². The number of carbonyl (C=O) groups is 1. The summed E-state index contributed by atoms with van der Waals surface area (Å²) in [6.07, 6.45) is 0. The van der Waals surface area contributed by atoms with Gasteiger partial charge in [0.1, 0.15) is 17.2 Å². The summed E-state index contributed by atoms with van der Waals surface area (Å²) < 4.78 is 43.5. The standard InChI is InChI=1S/C23H24N2O6S/c1-4-31-19-9-5-18(6-10-19)25-32(27,28)22-11-7-17(8-12-22)24-23(26)16-13-20(29-2)15-21(14-16)30-3/h5-15,25H,4H2,1-3H3,(H,24,26). The van der Waals surface area contributed by atoms with Crippen LogP contribution in [0.4, 0.5) is 11.4 Å². The zero-order chi connectivity index (χ0) is 23.1. The van der Waals surface area contributed by atoms with Crippen LogP contribution in [0.15, 0.2) is 71.6 Å². The Morgan fingerprint density at radius 3 is 1.91 bits per heavy atom. The van der Waals surface area contributed by atoms with Gasteiger partial charge in [-0.15, -0.1) is 0 Å². The van der Waals surface area contributed by atoms with Crippen LogP contribution in [0.3, 0.4) is 0 Å². The Bertz CT molecular complexity index is 1150. The molecule has 168 valence electrons. The van der Waals surface area contributed by atoms with E-state index >= 15 is 0 Å². The first-order chi connectivity index (χ1) is 15.3. The van der Waals surface area contributed by atoms with E-state index in [0.717, 1.165) is 0 Å². The summed E-state index contributed by atoms with van der Waals surface area (Å²) in [7, 11) is -0.796. The van der Waals surface area contributed by atoms with E-state index in [9.17, 15) is 13.2 Å². The lowest BCUT2D eigenvalue weighted by Gasteiger charge is -2.11. The number of methoxy groups -OCH3 is 2. The SMILES string of the molecule is CCOc1ccc(NS(=O)(=O)c2ccc(NC(=O)c3cc(OC)cc(OC)c3)cc2)cc1. The zero-order valence-electron chi connectivity index (χ0n) is 17.9. The Labute approximate surface area is 187 Å². The van der Waals surface area contributed by atoms with Gasteiger partial charge in [0.2, 0.25) is 0 Å². The van der Waals surface area contributed by atoms with E-state index in [1.807, 2.05) is 6.92 Å². The van der Waals surface area contributed by atoms with E-state index in [1.54, 1.807) is 42.5 Å². The van der Waals surface area contributed by atoms with E-state index < -0.39 is 10.0 Å². The molecule has 0 aliphatic carbocycles. The van der Waals surface area contributed by atoms with Gasteiger partial charge in [-0.05, 0) is 67.6 Å². The topological polar surface area (TPSA) is 103 Å². The second kappa shape index (κ2) is 10.1. The molecule has 0 saturated heterocycles. The van der Waals surface area contributed by atoms with Crippen LogP contribution in [0, 0.1) is 0 Å². The average Bonchev–Trinajstić information content (AvgIpc) is 2.80. The predicted molar refractivity (Wildman–Crippen MR) is 122 cm³/mol. The van der Waals surface area contributed by atoms with Crippen molar-refractivity contribution in [2.24, 2.45) is 0 Å². The lowest BCUT2D eigenvalue weighted by molar-refractivity contribution is 0.102. The molecule has 8 nitrogen and oxygen atoms in total. The summed E-state index contributed by atoms with van der Waals surface area (Å²) in [5.41, 5.74) is 1.20. The summed E-state index contributed by atoms with van der Waals surface area (Å²) in [6.45, 7) is 2.40. The Kier molecular flexibility index (Phi) is 7.21. The number of anilines is 2. The molecule has 9 heteroatoms. The van der Waals surface area contributed by atoms with E-state index in [4.69, 9.17) is 14.2 Å². The number of hydrogen-bond acceptors (Lipinski definition) is 6. The highest BCUT2D eigenvalue weighted by atomic mass is 32.2. The Hall–Kier alpha value is -3.72. The maximum Gasteiger partial charge on any atom is 0.261 e. The first-order valence-electron chi connectivity index (χ1n) is 9.75. The van der Waals surface area contributed by atoms with Crippen LogP contribution in [0.2, 0.25) is 0 Å². The normalized spacial score (nSPS) is 10.8. The number of rotatable bonds is 9. The number of ether oxygens (including phenoxy) is 3. The minimum Gasteiger partial charge on any atom is -0.497 e. The molecular formula is C23H24N2O6S. The molecule has 0 spiro atoms. The van der Waals surface area contributed by atoms with Gasteiger partial charge < -0.3 is 19.5 Å². The summed E-state index contributed by atoms with van der Waals surface area (Å²) in [5.74, 6) is 1.24. The second-order valence-electron chi connectivity index (χ2n) is 6.64. The van der Waals surface area contributed by atoms with Crippen molar-refractivity contribution in [2.75, 3.05) is 30.9 Å². The Morgan fingerprint density at radius 2 is 1.38 bits per heavy atom. The summed E-state index contributed by atoms with van der Waals surface area (Å²) in [5, 5.41) is 2.73. The molecule has 3 aromatic carbocycles. The summed E-state index contributed by atoms with van der Waals surface area (Å²) in [6, 6.07) is 17.3. The molecule has 0 aliphatic heterocycles. The van der Waals surface area contributed by atoms with Crippen molar-refractivity contribution in [2.45, 2.75) is 11.8 Å². The fraction of sp³-hybridized carbons (Fsp3) is 0.174. The monoisotopic (exact) mass is 456 g/mol. The van der Waals surface area contributed by atoms with Crippen LogP contribution < -0.4 is 24.2 Å². The van der Waals surface area contributed by atoms with Crippen LogP contribution in [0.25, 0.3) is 0 Å². The molecule has 0 unspecified atom stereocenters. The van der Waals surface area contributed by atoms with Gasteiger partial charge in [-0.2, -0.15) is 0 Å². The highest BCUT2D eigenvalue weighted by molar-refractivity contribution is 7.92. The van der Waals surface area contributed by atoms with Crippen LogP contribution in [0.5, 0.6) is 17.2 Å². The molecule has 1 amide bonds. The Morgan fingerprint density at radius 1 is 0.812 bits per heavy atom. The highest BCUT2D eigenvalue weighted by Gasteiger charge is 2.15. The second-order valence-corrected chi connectivity index (χ2v) is 8.33. The maximum atomic E-state index is 12.7. The smallest absolute Gasteiger partial charge is 0.261 e. The minimum absolute atomic E-state index is 0.0624. The molecule has 0 saturated carbocycles. The quantitative estimate of drug-likeness (QED) is 0.501. The Balaban J connectivity index is 1.70. The van der Waals surface area contributed by atoms with Gasteiger partial charge in [0.05, 0.1) is 25.7 Å². The van der Waals surface area contributed by atoms with Gasteiger partial charge in [-0.1, -0.05) is 0 Å². The van der Waals surface area contributed by atoms with Gasteiger partial charge in [0.15, 0.2) is 0 Å². The van der Waals surface area contributed by atoms with Gasteiger partial charge in [-0.25, -0.2) is 8.42 Å². The molecule has 3 aromatic rings. The van der Waals surface area contributed by atoms with Gasteiger partial charge >= 0.3 is 0 Å². The zero-order valence-corrected chi connectivity index (χ0v) is 18.7. The van der Waals surface area contributed by atoms with E-state index in [-0.39, 0.29) is 10.8 Å². The number of hydrogen-bond donors (Lipinski definition) is 2. The van der Waals surface area contributed by atoms with Crippen LogP contribution in [-0.4, -0.2) is 35.2 Å². The number of nitrogens with one attached hydrogen (secondary N) is 2. The molecule has 0 bridgehead atoms. The fourth-order valence-corrected chi connectivity index (χ4v) is 3.92. The predicted octanol–water partition coefficient (Wildman–Crippen LogP) is 4.16. The fourth-order valence-electron chi connectivity index (χ4n) is 2.86. The van der Waals surface area contributed by atoms with Gasteiger partial charge in [0.25, 0.3) is 15.9 Å². The molecule has 3 rings (SSSR count). The maximum absolute atomic E-state index is 12.7. The molecule has 2 N–H and O–H groups in total. The number of amides is 1. The van der Waals surface area contributed by atoms with Crippen LogP contribution in [-0.2, 0) is 10.0 Å². The molecule has 32 heavy (non-hydrogen) atoms. The van der Waals surface area contributed by atoms with Crippen LogP contribution in [0.1, 0.15) is 17.3 Å². The first kappa shape index (κ1) is 23.0.